The first-order chi connectivity index (χ1) is 29.0. The molecule has 0 aliphatic carbocycles. The van der Waals surface area contributed by atoms with E-state index in [0.29, 0.717) is 30.3 Å². The fourth-order valence-electron chi connectivity index (χ4n) is 6.80. The molecule has 1 unspecified atom stereocenters. The molecule has 0 heterocycles. The Hall–Kier alpha value is -1.80. The molecular formula is C51H96N2O6P+. The number of quaternary nitrogens is 1. The lowest BCUT2D eigenvalue weighted by Gasteiger charge is -2.26. The third kappa shape index (κ3) is 44.3. The maximum absolute atomic E-state index is 12.9. The van der Waals surface area contributed by atoms with Gasteiger partial charge in [0, 0.05) is 6.42 Å². The van der Waals surface area contributed by atoms with Crippen molar-refractivity contribution < 1.29 is 32.9 Å². The highest BCUT2D eigenvalue weighted by Gasteiger charge is 2.28. The van der Waals surface area contributed by atoms with Crippen LogP contribution in [0.4, 0.5) is 0 Å². The van der Waals surface area contributed by atoms with Gasteiger partial charge in [-0.15, -0.1) is 0 Å². The van der Waals surface area contributed by atoms with E-state index in [1.807, 2.05) is 21.1 Å². The summed E-state index contributed by atoms with van der Waals surface area (Å²) >= 11 is 0. The molecule has 0 aromatic carbocycles. The van der Waals surface area contributed by atoms with Crippen LogP contribution in [0, 0.1) is 0 Å². The summed E-state index contributed by atoms with van der Waals surface area (Å²) in [6.45, 7) is 4.82. The molecule has 9 heteroatoms. The minimum Gasteiger partial charge on any atom is -0.391 e. The van der Waals surface area contributed by atoms with Gasteiger partial charge in [-0.3, -0.25) is 13.8 Å². The van der Waals surface area contributed by atoms with Crippen molar-refractivity contribution in [2.75, 3.05) is 40.9 Å². The van der Waals surface area contributed by atoms with Gasteiger partial charge in [0.15, 0.2) is 0 Å². The first kappa shape index (κ1) is 58.2. The number of carbonyl (C=O) groups excluding carboxylic acids is 1. The van der Waals surface area contributed by atoms with E-state index in [4.69, 9.17) is 9.05 Å². The summed E-state index contributed by atoms with van der Waals surface area (Å²) < 4.78 is 23.6. The predicted octanol–water partition coefficient (Wildman–Crippen LogP) is 14.2. The second-order valence-corrected chi connectivity index (χ2v) is 19.3. The van der Waals surface area contributed by atoms with Crippen LogP contribution in [0.25, 0.3) is 0 Å². The van der Waals surface area contributed by atoms with Crippen molar-refractivity contribution in [3.05, 3.63) is 60.8 Å². The number of allylic oxidation sites excluding steroid dienone is 10. The lowest BCUT2D eigenvalue weighted by atomic mass is 10.0. The summed E-state index contributed by atoms with van der Waals surface area (Å²) in [5, 5.41) is 13.9. The minimum atomic E-state index is -4.34. The molecule has 0 fully saturated rings. The molecule has 0 rings (SSSR count). The Morgan fingerprint density at radius 3 is 1.40 bits per heavy atom. The van der Waals surface area contributed by atoms with Gasteiger partial charge in [0.05, 0.1) is 39.9 Å². The number of rotatable bonds is 44. The third-order valence-corrected chi connectivity index (χ3v) is 11.7. The summed E-state index contributed by atoms with van der Waals surface area (Å²) in [5.41, 5.74) is 0. The van der Waals surface area contributed by atoms with Crippen LogP contribution in [0.3, 0.4) is 0 Å². The number of hydrogen-bond donors (Lipinski definition) is 3. The first-order valence-electron chi connectivity index (χ1n) is 24.7. The SMILES string of the molecule is CCCCCCCCC/C=C/C/C=C/C/C=C/C/C=C/CCCC(=O)N[C@@H](COP(=O)(O)OCC[N+](C)(C)C)[C@H](O)CCCC/C=C/CCCCCCCCCCCCC. The number of carbonyl (C=O) groups is 1. The maximum atomic E-state index is 12.9. The first-order valence-corrected chi connectivity index (χ1v) is 26.1. The molecule has 1 amide bonds. The van der Waals surface area contributed by atoms with Crippen molar-refractivity contribution in [2.24, 2.45) is 0 Å². The fraction of sp³-hybridized carbons (Fsp3) is 0.784. The van der Waals surface area contributed by atoms with Crippen LogP contribution in [0.15, 0.2) is 60.8 Å². The smallest absolute Gasteiger partial charge is 0.391 e. The van der Waals surface area contributed by atoms with Crippen LogP contribution in [-0.2, 0) is 18.4 Å². The number of aliphatic hydroxyl groups excluding tert-OH is 1. The molecule has 8 nitrogen and oxygen atoms in total. The van der Waals surface area contributed by atoms with Crippen molar-refractivity contribution in [3.63, 3.8) is 0 Å². The molecule has 0 saturated carbocycles. The van der Waals surface area contributed by atoms with Gasteiger partial charge in [0.25, 0.3) is 0 Å². The van der Waals surface area contributed by atoms with Crippen molar-refractivity contribution >= 4 is 13.7 Å². The van der Waals surface area contributed by atoms with E-state index in [0.717, 1.165) is 51.4 Å². The lowest BCUT2D eigenvalue weighted by Crippen LogP contribution is -2.46. The molecule has 3 atom stereocenters. The summed E-state index contributed by atoms with van der Waals surface area (Å²) in [6.07, 6.45) is 55.5. The van der Waals surface area contributed by atoms with Gasteiger partial charge in [-0.25, -0.2) is 4.57 Å². The van der Waals surface area contributed by atoms with Gasteiger partial charge in [-0.2, -0.15) is 0 Å². The number of nitrogens with zero attached hydrogens (tertiary/aromatic N) is 1. The van der Waals surface area contributed by atoms with Gasteiger partial charge < -0.3 is 19.8 Å². The van der Waals surface area contributed by atoms with Crippen LogP contribution >= 0.6 is 7.82 Å². The topological polar surface area (TPSA) is 105 Å². The standard InChI is InChI=1S/C51H95N2O6P/c1-6-8-10-12-14-16-18-20-22-24-25-26-27-29-31-33-35-37-39-41-43-45-51(55)52-49(48-59-60(56,57)58-47-46-53(3,4)5)50(54)44-42-40-38-36-34-32-30-28-23-21-19-17-15-13-11-9-7-2/h22,24,26-27,31,33-34,36-37,39,49-50,54H,6-21,23,25,28-30,32,35,38,40-48H2,1-5H3,(H-,52,55,56,57)/p+1/b24-22+,27-26+,33-31+,36-34+,39-37+/t49-,50+/m0/s1. The highest BCUT2D eigenvalue weighted by atomic mass is 31.2. The number of amides is 1. The van der Waals surface area contributed by atoms with Crippen LogP contribution in [0.5, 0.6) is 0 Å². The van der Waals surface area contributed by atoms with Gasteiger partial charge in [0.1, 0.15) is 13.2 Å². The summed E-state index contributed by atoms with van der Waals surface area (Å²) in [7, 11) is 1.56. The summed E-state index contributed by atoms with van der Waals surface area (Å²) in [6, 6.07) is -0.808. The second-order valence-electron chi connectivity index (χ2n) is 17.8. The van der Waals surface area contributed by atoms with Crippen LogP contribution in [-0.4, -0.2) is 73.4 Å². The Balaban J connectivity index is 4.45. The van der Waals surface area contributed by atoms with Crippen molar-refractivity contribution in [2.45, 2.75) is 219 Å². The molecule has 0 aromatic rings. The average Bonchev–Trinajstić information content (AvgIpc) is 3.20. The van der Waals surface area contributed by atoms with Crippen LogP contribution in [0.2, 0.25) is 0 Å². The molecule has 60 heavy (non-hydrogen) atoms. The highest BCUT2D eigenvalue weighted by molar-refractivity contribution is 7.47. The molecule has 350 valence electrons. The monoisotopic (exact) mass is 864 g/mol. The van der Waals surface area contributed by atoms with Crippen molar-refractivity contribution in [1.82, 2.24) is 5.32 Å². The van der Waals surface area contributed by atoms with E-state index in [9.17, 15) is 19.4 Å². The number of phosphoric ester groups is 1. The number of unbranched alkanes of at least 4 members (excludes halogenated alkanes) is 21. The molecule has 0 aliphatic rings. The number of likely N-dealkylation sites (N-methyl/N-ethyl adjacent to an activating group) is 1. The highest BCUT2D eigenvalue weighted by Crippen LogP contribution is 2.43. The van der Waals surface area contributed by atoms with E-state index in [-0.39, 0.29) is 19.1 Å². The summed E-state index contributed by atoms with van der Waals surface area (Å²) in [4.78, 5) is 23.2. The lowest BCUT2D eigenvalue weighted by molar-refractivity contribution is -0.870. The molecule has 0 aliphatic heterocycles. The Kier molecular flexibility index (Phi) is 41.2. The molecular weight excluding hydrogens is 768 g/mol. The molecule has 0 saturated heterocycles. The van der Waals surface area contributed by atoms with E-state index in [1.165, 1.54) is 122 Å². The molecule has 0 aromatic heterocycles. The quantitative estimate of drug-likeness (QED) is 0.0244. The minimum absolute atomic E-state index is 0.0568. The normalized spacial score (nSPS) is 14.7. The van der Waals surface area contributed by atoms with Gasteiger partial charge in [-0.1, -0.05) is 184 Å². The predicted molar refractivity (Wildman–Crippen MR) is 258 cm³/mol. The molecule has 3 N–H and O–H groups in total. The number of aliphatic hydroxyl groups is 1. The third-order valence-electron chi connectivity index (χ3n) is 10.7. The Labute approximate surface area is 371 Å². The van der Waals surface area contributed by atoms with E-state index in [2.05, 4.69) is 79.9 Å². The zero-order chi connectivity index (χ0) is 44.3. The Bertz CT molecular complexity index is 1160. The Morgan fingerprint density at radius 2 is 0.950 bits per heavy atom. The molecule has 0 spiro atoms. The van der Waals surface area contributed by atoms with E-state index in [1.54, 1.807) is 0 Å². The van der Waals surface area contributed by atoms with Crippen LogP contribution < -0.4 is 5.32 Å². The zero-order valence-corrected chi connectivity index (χ0v) is 40.6. The van der Waals surface area contributed by atoms with Crippen LogP contribution in [0.1, 0.15) is 206 Å². The molecule has 0 bridgehead atoms. The van der Waals surface area contributed by atoms with Gasteiger partial charge in [-0.05, 0) is 77.0 Å². The molecule has 0 radical (unpaired) electrons. The van der Waals surface area contributed by atoms with Gasteiger partial charge in [0.2, 0.25) is 5.91 Å². The second kappa shape index (κ2) is 42.5. The number of nitrogens with one attached hydrogen (secondary N) is 1. The number of phosphoric acid groups is 1. The van der Waals surface area contributed by atoms with Crippen molar-refractivity contribution in [3.8, 4) is 0 Å². The van der Waals surface area contributed by atoms with Gasteiger partial charge >= 0.3 is 7.82 Å². The zero-order valence-electron chi connectivity index (χ0n) is 39.7. The Morgan fingerprint density at radius 1 is 0.567 bits per heavy atom. The van der Waals surface area contributed by atoms with E-state index >= 15 is 0 Å². The van der Waals surface area contributed by atoms with E-state index < -0.39 is 20.0 Å². The number of hydrogen-bond acceptors (Lipinski definition) is 5. The van der Waals surface area contributed by atoms with Crippen molar-refractivity contribution in [1.29, 1.82) is 0 Å². The maximum Gasteiger partial charge on any atom is 0.472 e. The largest absolute Gasteiger partial charge is 0.472 e. The fourth-order valence-corrected chi connectivity index (χ4v) is 7.53. The average molecular weight is 864 g/mol. The summed E-state index contributed by atoms with van der Waals surface area (Å²) in [5.74, 6) is -0.209.